The lowest BCUT2D eigenvalue weighted by Crippen LogP contribution is -2.48. The van der Waals surface area contributed by atoms with Crippen molar-refractivity contribution in [2.75, 3.05) is 31.1 Å². The number of carbonyl (C=O) groups is 1. The summed E-state index contributed by atoms with van der Waals surface area (Å²) in [5.41, 5.74) is 0. The molecule has 0 atom stereocenters. The molecule has 0 saturated carbocycles. The summed E-state index contributed by atoms with van der Waals surface area (Å²) in [5, 5.41) is 17.5. The molecule has 2 rings (SSSR count). The van der Waals surface area contributed by atoms with E-state index < -0.39 is 6.09 Å². The molecule has 0 bridgehead atoms. The summed E-state index contributed by atoms with van der Waals surface area (Å²) in [6, 6.07) is 0. The minimum absolute atomic E-state index is 0.520. The van der Waals surface area contributed by atoms with Gasteiger partial charge in [0.1, 0.15) is 0 Å². The minimum atomic E-state index is -0.854. The molecule has 0 spiro atoms. The summed E-state index contributed by atoms with van der Waals surface area (Å²) < 4.78 is 0.748. The first-order valence-corrected chi connectivity index (χ1v) is 5.99. The maximum atomic E-state index is 10.7. The van der Waals surface area contributed by atoms with Gasteiger partial charge in [-0.15, -0.1) is 10.2 Å². The smallest absolute Gasteiger partial charge is 0.407 e. The molecular weight excluding hydrogens is 284 g/mol. The van der Waals surface area contributed by atoms with Crippen molar-refractivity contribution in [2.45, 2.75) is 0 Å². The highest BCUT2D eigenvalue weighted by Gasteiger charge is 2.22. The summed E-state index contributed by atoms with van der Waals surface area (Å²) in [7, 11) is 0. The van der Waals surface area contributed by atoms with Gasteiger partial charge < -0.3 is 14.9 Å². The van der Waals surface area contributed by atoms with Crippen LogP contribution in [0.25, 0.3) is 0 Å². The largest absolute Gasteiger partial charge is 0.465 e. The molecule has 1 aliphatic rings. The van der Waals surface area contributed by atoms with Crippen molar-refractivity contribution >= 4 is 38.5 Å². The number of piperazine rings is 1. The molecule has 0 unspecified atom stereocenters. The van der Waals surface area contributed by atoms with Crippen molar-refractivity contribution in [3.63, 3.8) is 0 Å². The lowest BCUT2D eigenvalue weighted by atomic mass is 10.3. The van der Waals surface area contributed by atoms with Crippen LogP contribution in [0.5, 0.6) is 0 Å². The molecule has 8 heteroatoms. The van der Waals surface area contributed by atoms with Gasteiger partial charge in [-0.2, -0.15) is 0 Å². The number of carboxylic acid groups (broad SMARTS) is 1. The first-order chi connectivity index (χ1) is 7.16. The van der Waals surface area contributed by atoms with E-state index in [1.54, 1.807) is 0 Å². The summed E-state index contributed by atoms with van der Waals surface area (Å²) in [6.45, 7) is 2.39. The Morgan fingerprint density at radius 1 is 1.33 bits per heavy atom. The second kappa shape index (κ2) is 4.31. The van der Waals surface area contributed by atoms with Gasteiger partial charge >= 0.3 is 6.09 Å². The maximum absolute atomic E-state index is 10.7. The molecule has 1 fully saturated rings. The number of nitrogens with zero attached hydrogens (tertiary/aromatic N) is 4. The van der Waals surface area contributed by atoms with Crippen LogP contribution in [0.2, 0.25) is 0 Å². The van der Waals surface area contributed by atoms with Gasteiger partial charge in [-0.3, -0.25) is 0 Å². The molecule has 0 radical (unpaired) electrons. The number of anilines is 1. The number of halogens is 1. The Bertz CT molecular complexity index is 364. The normalized spacial score (nSPS) is 16.9. The Morgan fingerprint density at radius 2 is 2.00 bits per heavy atom. The summed E-state index contributed by atoms with van der Waals surface area (Å²) in [5.74, 6) is 0. The topological polar surface area (TPSA) is 69.6 Å². The Balaban J connectivity index is 1.96. The van der Waals surface area contributed by atoms with Gasteiger partial charge in [-0.1, -0.05) is 11.3 Å². The molecule has 1 aromatic heterocycles. The van der Waals surface area contributed by atoms with Crippen LogP contribution in [0, 0.1) is 0 Å². The van der Waals surface area contributed by atoms with Crippen LogP contribution in [-0.2, 0) is 0 Å². The second-order valence-corrected chi connectivity index (χ2v) is 5.33. The van der Waals surface area contributed by atoms with Crippen molar-refractivity contribution in [3.05, 3.63) is 3.92 Å². The lowest BCUT2D eigenvalue weighted by Gasteiger charge is -2.32. The van der Waals surface area contributed by atoms with E-state index in [0.29, 0.717) is 26.2 Å². The van der Waals surface area contributed by atoms with Crippen molar-refractivity contribution in [1.82, 2.24) is 15.1 Å². The van der Waals surface area contributed by atoms with Crippen LogP contribution in [-0.4, -0.2) is 52.5 Å². The Labute approximate surface area is 98.6 Å². The van der Waals surface area contributed by atoms with E-state index in [2.05, 4.69) is 26.1 Å². The molecule has 1 amide bonds. The van der Waals surface area contributed by atoms with Gasteiger partial charge in [-0.25, -0.2) is 4.79 Å². The van der Waals surface area contributed by atoms with Gasteiger partial charge in [0, 0.05) is 26.2 Å². The van der Waals surface area contributed by atoms with Crippen LogP contribution in [0.15, 0.2) is 3.92 Å². The second-order valence-electron chi connectivity index (χ2n) is 3.09. The van der Waals surface area contributed by atoms with Crippen molar-refractivity contribution in [1.29, 1.82) is 0 Å². The standard InChI is InChI=1S/C7H9BrN4O2S/c8-5-9-10-6(15-5)11-1-3-12(4-2-11)7(13)14/h1-4H2,(H,13,14). The fourth-order valence-electron chi connectivity index (χ4n) is 1.42. The summed E-state index contributed by atoms with van der Waals surface area (Å²) >= 11 is 4.71. The molecule has 6 nitrogen and oxygen atoms in total. The molecule has 0 aliphatic carbocycles. The molecular formula is C7H9BrN4O2S. The van der Waals surface area contributed by atoms with Gasteiger partial charge in [-0.05, 0) is 15.9 Å². The van der Waals surface area contributed by atoms with Gasteiger partial charge in [0.05, 0.1) is 0 Å². The van der Waals surface area contributed by atoms with E-state index in [9.17, 15) is 4.79 Å². The number of hydrogen-bond acceptors (Lipinski definition) is 5. The highest BCUT2D eigenvalue weighted by Crippen LogP contribution is 2.24. The van der Waals surface area contributed by atoms with Crippen LogP contribution < -0.4 is 4.90 Å². The number of rotatable bonds is 1. The molecule has 1 aliphatic heterocycles. The maximum Gasteiger partial charge on any atom is 0.407 e. The van der Waals surface area contributed by atoms with Gasteiger partial charge in [0.2, 0.25) is 5.13 Å². The third-order valence-corrected chi connectivity index (χ3v) is 3.63. The molecule has 2 heterocycles. The van der Waals surface area contributed by atoms with E-state index in [-0.39, 0.29) is 0 Å². The highest BCUT2D eigenvalue weighted by atomic mass is 79.9. The van der Waals surface area contributed by atoms with Crippen LogP contribution in [0.1, 0.15) is 0 Å². The lowest BCUT2D eigenvalue weighted by molar-refractivity contribution is 0.142. The summed E-state index contributed by atoms with van der Waals surface area (Å²) in [6.07, 6.45) is -0.854. The Morgan fingerprint density at radius 3 is 2.47 bits per heavy atom. The highest BCUT2D eigenvalue weighted by molar-refractivity contribution is 9.11. The monoisotopic (exact) mass is 292 g/mol. The zero-order valence-electron chi connectivity index (χ0n) is 7.76. The average molecular weight is 293 g/mol. The van der Waals surface area contributed by atoms with Crippen LogP contribution in [0.3, 0.4) is 0 Å². The number of aromatic nitrogens is 2. The molecule has 0 aromatic carbocycles. The molecule has 1 N–H and O–H groups in total. The Hall–Kier alpha value is -0.890. The van der Waals surface area contributed by atoms with E-state index >= 15 is 0 Å². The predicted octanol–water partition coefficient (Wildman–Crippen LogP) is 1.10. The zero-order chi connectivity index (χ0) is 10.8. The average Bonchev–Trinajstić information content (AvgIpc) is 2.65. The van der Waals surface area contributed by atoms with Crippen molar-refractivity contribution in [3.8, 4) is 0 Å². The first-order valence-electron chi connectivity index (χ1n) is 4.38. The quantitative estimate of drug-likeness (QED) is 0.839. The van der Waals surface area contributed by atoms with Gasteiger partial charge in [0.25, 0.3) is 0 Å². The van der Waals surface area contributed by atoms with Crippen molar-refractivity contribution < 1.29 is 9.90 Å². The third kappa shape index (κ3) is 2.37. The summed E-state index contributed by atoms with van der Waals surface area (Å²) in [4.78, 5) is 14.1. The van der Waals surface area contributed by atoms with E-state index in [4.69, 9.17) is 5.11 Å². The van der Waals surface area contributed by atoms with Gasteiger partial charge in [0.15, 0.2) is 3.92 Å². The minimum Gasteiger partial charge on any atom is -0.465 e. The van der Waals surface area contributed by atoms with E-state index in [0.717, 1.165) is 9.05 Å². The molecule has 1 saturated heterocycles. The van der Waals surface area contributed by atoms with E-state index in [1.807, 2.05) is 4.90 Å². The zero-order valence-corrected chi connectivity index (χ0v) is 10.2. The first kappa shape index (κ1) is 10.6. The molecule has 1 aromatic rings. The predicted molar refractivity (Wildman–Crippen MR) is 59.4 cm³/mol. The number of amides is 1. The fourth-order valence-corrected chi connectivity index (χ4v) is 2.55. The fraction of sp³-hybridized carbons (Fsp3) is 0.571. The van der Waals surface area contributed by atoms with E-state index in [1.165, 1.54) is 16.2 Å². The van der Waals surface area contributed by atoms with Crippen LogP contribution >= 0.6 is 27.3 Å². The SMILES string of the molecule is O=C(O)N1CCN(c2nnc(Br)s2)CC1. The van der Waals surface area contributed by atoms with Crippen LogP contribution in [0.4, 0.5) is 9.93 Å². The van der Waals surface area contributed by atoms with Crippen molar-refractivity contribution in [2.24, 2.45) is 0 Å². The number of hydrogen-bond donors (Lipinski definition) is 1. The Kier molecular flexibility index (Phi) is 3.06. The third-order valence-electron chi connectivity index (χ3n) is 2.21. The molecule has 82 valence electrons. The molecule has 15 heavy (non-hydrogen) atoms.